The third kappa shape index (κ3) is 3.73. The number of rotatable bonds is 4. The Morgan fingerprint density at radius 3 is 2.92 bits per heavy atom. The van der Waals surface area contributed by atoms with Crippen LogP contribution in [-0.2, 0) is 11.3 Å². The van der Waals surface area contributed by atoms with E-state index in [1.54, 1.807) is 30.2 Å². The van der Waals surface area contributed by atoms with Gasteiger partial charge in [-0.3, -0.25) is 10.1 Å². The fraction of sp³-hybridized carbons (Fsp3) is 0.263. The van der Waals surface area contributed by atoms with E-state index in [1.165, 1.54) is 12.1 Å². The first-order valence-corrected chi connectivity index (χ1v) is 9.63. The molecular formula is C19H19FN4OS. The van der Waals surface area contributed by atoms with Crippen molar-refractivity contribution < 1.29 is 9.18 Å². The lowest BCUT2D eigenvalue weighted by atomic mass is 10.1. The highest BCUT2D eigenvalue weighted by molar-refractivity contribution is 7.99. The summed E-state index contributed by atoms with van der Waals surface area (Å²) in [4.78, 5) is 19.8. The van der Waals surface area contributed by atoms with Crippen LogP contribution in [0, 0.1) is 5.82 Å². The number of H-pyrrole nitrogens is 1. The van der Waals surface area contributed by atoms with Gasteiger partial charge in [0.1, 0.15) is 5.82 Å². The van der Waals surface area contributed by atoms with Gasteiger partial charge in [-0.05, 0) is 35.4 Å². The van der Waals surface area contributed by atoms with Gasteiger partial charge in [-0.1, -0.05) is 18.2 Å². The number of carbonyl (C=O) groups is 1. The van der Waals surface area contributed by atoms with Crippen LogP contribution < -0.4 is 10.6 Å². The van der Waals surface area contributed by atoms with E-state index in [9.17, 15) is 9.18 Å². The van der Waals surface area contributed by atoms with Gasteiger partial charge in [0, 0.05) is 24.1 Å². The highest BCUT2D eigenvalue weighted by Gasteiger charge is 2.27. The molecule has 1 aliphatic heterocycles. The van der Waals surface area contributed by atoms with E-state index in [0.29, 0.717) is 6.54 Å². The number of thioether (sulfide) groups is 1. The average molecular weight is 370 g/mol. The molecule has 3 aromatic rings. The number of nitrogens with zero attached hydrogens (tertiary/aromatic N) is 1. The maximum atomic E-state index is 13.1. The first kappa shape index (κ1) is 17.1. The Labute approximate surface area is 154 Å². The Morgan fingerprint density at radius 2 is 2.08 bits per heavy atom. The minimum atomic E-state index is -0.264. The van der Waals surface area contributed by atoms with Crippen molar-refractivity contribution in [1.29, 1.82) is 0 Å². The molecule has 5 nitrogen and oxygen atoms in total. The molecule has 1 aromatic heterocycles. The van der Waals surface area contributed by atoms with Crippen LogP contribution in [-0.4, -0.2) is 33.4 Å². The Morgan fingerprint density at radius 1 is 1.23 bits per heavy atom. The minimum absolute atomic E-state index is 0.0194. The molecule has 0 radical (unpaired) electrons. The van der Waals surface area contributed by atoms with Crippen LogP contribution in [0.5, 0.6) is 0 Å². The molecule has 2 aromatic carbocycles. The van der Waals surface area contributed by atoms with Crippen LogP contribution in [0.1, 0.15) is 17.2 Å². The molecule has 1 amide bonds. The highest BCUT2D eigenvalue weighted by atomic mass is 32.2. The Hall–Kier alpha value is -2.38. The summed E-state index contributed by atoms with van der Waals surface area (Å²) in [6, 6.07) is 12.1. The number of benzene rings is 2. The Kier molecular flexibility index (Phi) is 4.90. The van der Waals surface area contributed by atoms with E-state index < -0.39 is 0 Å². The Balaban J connectivity index is 1.37. The van der Waals surface area contributed by atoms with Crippen molar-refractivity contribution >= 4 is 28.7 Å². The number of halogens is 1. The predicted molar refractivity (Wildman–Crippen MR) is 101 cm³/mol. The van der Waals surface area contributed by atoms with Crippen molar-refractivity contribution in [3.63, 3.8) is 0 Å². The number of nitrogens with one attached hydrogen (secondary N) is 3. The van der Waals surface area contributed by atoms with Gasteiger partial charge in [-0.25, -0.2) is 9.37 Å². The van der Waals surface area contributed by atoms with Gasteiger partial charge in [0.2, 0.25) is 5.91 Å². The van der Waals surface area contributed by atoms with Crippen LogP contribution in [0.2, 0.25) is 0 Å². The molecule has 2 heterocycles. The second-order valence-corrected chi connectivity index (χ2v) is 7.41. The van der Waals surface area contributed by atoms with E-state index in [-0.39, 0.29) is 23.8 Å². The van der Waals surface area contributed by atoms with Crippen molar-refractivity contribution in [2.24, 2.45) is 0 Å². The van der Waals surface area contributed by atoms with Crippen molar-refractivity contribution in [2.75, 3.05) is 11.5 Å². The van der Waals surface area contributed by atoms with E-state index in [2.05, 4.69) is 20.6 Å². The molecule has 1 aliphatic rings. The van der Waals surface area contributed by atoms with E-state index in [1.807, 2.05) is 18.2 Å². The number of hydrogen-bond donors (Lipinski definition) is 3. The quantitative estimate of drug-likeness (QED) is 0.661. The van der Waals surface area contributed by atoms with E-state index in [4.69, 9.17) is 0 Å². The summed E-state index contributed by atoms with van der Waals surface area (Å²) in [5, 5.41) is 6.38. The third-order valence-electron chi connectivity index (χ3n) is 4.51. The number of imidazole rings is 1. The normalized spacial score (nSPS) is 20.2. The Bertz CT molecular complexity index is 911. The smallest absolute Gasteiger partial charge is 0.238 e. The fourth-order valence-electron chi connectivity index (χ4n) is 3.09. The lowest BCUT2D eigenvalue weighted by molar-refractivity contribution is -0.123. The van der Waals surface area contributed by atoms with Crippen LogP contribution in [0.15, 0.2) is 48.8 Å². The lowest BCUT2D eigenvalue weighted by Gasteiger charge is -2.30. The van der Waals surface area contributed by atoms with Crippen molar-refractivity contribution in [2.45, 2.75) is 18.6 Å². The number of fused-ring (bicyclic) bond motifs is 1. The number of aromatic amines is 1. The van der Waals surface area contributed by atoms with Gasteiger partial charge in [-0.15, -0.1) is 0 Å². The van der Waals surface area contributed by atoms with E-state index in [0.717, 1.165) is 33.7 Å². The van der Waals surface area contributed by atoms with Gasteiger partial charge in [0.25, 0.3) is 0 Å². The monoisotopic (exact) mass is 370 g/mol. The predicted octanol–water partition coefficient (Wildman–Crippen LogP) is 2.76. The largest absolute Gasteiger partial charge is 0.351 e. The summed E-state index contributed by atoms with van der Waals surface area (Å²) in [6.45, 7) is 0.470. The maximum absolute atomic E-state index is 13.1. The number of amides is 1. The molecule has 7 heteroatoms. The molecule has 1 saturated heterocycles. The number of carbonyl (C=O) groups excluding carboxylic acids is 1. The molecule has 1 unspecified atom stereocenters. The summed E-state index contributed by atoms with van der Waals surface area (Å²) in [5.41, 5.74) is 3.89. The van der Waals surface area contributed by atoms with Gasteiger partial charge in [-0.2, -0.15) is 11.8 Å². The molecule has 134 valence electrons. The molecule has 3 N–H and O–H groups in total. The van der Waals surface area contributed by atoms with Crippen LogP contribution in [0.3, 0.4) is 0 Å². The molecular weight excluding hydrogens is 351 g/mol. The van der Waals surface area contributed by atoms with Crippen LogP contribution in [0.4, 0.5) is 4.39 Å². The standard InChI is InChI=1S/C19H19FN4OS/c20-14-4-2-13(3-5-14)17-9-26-10-18(24-17)19(25)21-8-12-1-6-15-16(7-12)23-11-22-15/h1-7,11,17-18,24H,8-10H2,(H,21,25)(H,22,23)/t17?,18-/m0/s1. The van der Waals surface area contributed by atoms with Crippen LogP contribution >= 0.6 is 11.8 Å². The number of hydrogen-bond acceptors (Lipinski definition) is 4. The van der Waals surface area contributed by atoms with Crippen LogP contribution in [0.25, 0.3) is 11.0 Å². The van der Waals surface area contributed by atoms with Gasteiger partial charge < -0.3 is 10.3 Å². The molecule has 0 saturated carbocycles. The summed E-state index contributed by atoms with van der Waals surface area (Å²) in [7, 11) is 0. The molecule has 0 bridgehead atoms. The topological polar surface area (TPSA) is 69.8 Å². The molecule has 2 atom stereocenters. The van der Waals surface area contributed by atoms with Crippen molar-refractivity contribution in [3.8, 4) is 0 Å². The molecule has 0 aliphatic carbocycles. The van der Waals surface area contributed by atoms with E-state index >= 15 is 0 Å². The fourth-order valence-corrected chi connectivity index (χ4v) is 4.23. The summed E-state index contributed by atoms with van der Waals surface area (Å²) >= 11 is 1.73. The maximum Gasteiger partial charge on any atom is 0.238 e. The minimum Gasteiger partial charge on any atom is -0.351 e. The zero-order valence-corrected chi connectivity index (χ0v) is 14.9. The molecule has 26 heavy (non-hydrogen) atoms. The lowest BCUT2D eigenvalue weighted by Crippen LogP contribution is -2.50. The van der Waals surface area contributed by atoms with Gasteiger partial charge >= 0.3 is 0 Å². The summed E-state index contributed by atoms with van der Waals surface area (Å²) < 4.78 is 13.1. The zero-order valence-electron chi connectivity index (χ0n) is 14.0. The second kappa shape index (κ2) is 7.47. The summed E-state index contributed by atoms with van der Waals surface area (Å²) in [6.07, 6.45) is 1.66. The van der Waals surface area contributed by atoms with Crippen molar-refractivity contribution in [1.82, 2.24) is 20.6 Å². The van der Waals surface area contributed by atoms with Crippen molar-refractivity contribution in [3.05, 3.63) is 65.7 Å². The summed E-state index contributed by atoms with van der Waals surface area (Å²) in [5.74, 6) is 1.32. The average Bonchev–Trinajstić information content (AvgIpc) is 3.14. The first-order valence-electron chi connectivity index (χ1n) is 8.48. The SMILES string of the molecule is O=C(NCc1ccc2nc[nH]c2c1)[C@@H]1CSCC(c2ccc(F)cc2)N1. The van der Waals surface area contributed by atoms with Gasteiger partial charge in [0.05, 0.1) is 23.4 Å². The third-order valence-corrected chi connectivity index (χ3v) is 5.65. The number of aromatic nitrogens is 2. The molecule has 4 rings (SSSR count). The highest BCUT2D eigenvalue weighted by Crippen LogP contribution is 2.24. The second-order valence-electron chi connectivity index (χ2n) is 6.33. The molecule has 1 fully saturated rings. The van der Waals surface area contributed by atoms with Gasteiger partial charge in [0.15, 0.2) is 0 Å². The first-order chi connectivity index (χ1) is 12.7. The molecule has 0 spiro atoms. The zero-order chi connectivity index (χ0) is 17.9.